The van der Waals surface area contributed by atoms with Crippen LogP contribution in [0.5, 0.6) is 0 Å². The summed E-state index contributed by atoms with van der Waals surface area (Å²) in [7, 11) is 0. The highest BCUT2D eigenvalue weighted by molar-refractivity contribution is 5.86. The Hall–Kier alpha value is -2.04. The molecule has 1 amide bonds. The van der Waals surface area contributed by atoms with Crippen molar-refractivity contribution < 1.29 is 9.90 Å². The fourth-order valence-electron chi connectivity index (χ4n) is 2.38. The Kier molecular flexibility index (Phi) is 4.04. The normalized spacial score (nSPS) is 25.6. The van der Waals surface area contributed by atoms with Gasteiger partial charge in [0.05, 0.1) is 6.04 Å². The van der Waals surface area contributed by atoms with Crippen LogP contribution in [0.4, 0.5) is 0 Å². The molecule has 0 heterocycles. The van der Waals surface area contributed by atoms with E-state index >= 15 is 0 Å². The second kappa shape index (κ2) is 5.73. The Morgan fingerprint density at radius 1 is 1.53 bits per heavy atom. The van der Waals surface area contributed by atoms with Gasteiger partial charge in [-0.05, 0) is 30.4 Å². The number of carbonyl (C=O) groups excluding carboxylic acids is 1. The summed E-state index contributed by atoms with van der Waals surface area (Å²) in [5.74, 6) is -0.466. The molecule has 1 aliphatic carbocycles. The van der Waals surface area contributed by atoms with E-state index in [0.717, 1.165) is 5.56 Å². The van der Waals surface area contributed by atoms with E-state index in [-0.39, 0.29) is 0 Å². The van der Waals surface area contributed by atoms with Crippen molar-refractivity contribution in [3.63, 3.8) is 0 Å². The third-order valence-corrected chi connectivity index (χ3v) is 3.47. The lowest BCUT2D eigenvalue weighted by Gasteiger charge is -2.25. The number of azide groups is 1. The number of benzene rings is 1. The lowest BCUT2D eigenvalue weighted by atomic mass is 9.97. The van der Waals surface area contributed by atoms with Crippen molar-refractivity contribution in [3.8, 4) is 0 Å². The number of amides is 1. The molecule has 0 aromatic heterocycles. The first-order valence-electron chi connectivity index (χ1n) is 6.25. The van der Waals surface area contributed by atoms with Gasteiger partial charge in [-0.15, -0.1) is 0 Å². The van der Waals surface area contributed by atoms with Gasteiger partial charge in [0.25, 0.3) is 5.91 Å². The maximum atomic E-state index is 12.1. The van der Waals surface area contributed by atoms with Crippen molar-refractivity contribution in [2.45, 2.75) is 37.5 Å². The van der Waals surface area contributed by atoms with Gasteiger partial charge in [-0.1, -0.05) is 35.4 Å². The second-order valence-corrected chi connectivity index (χ2v) is 4.71. The molecule has 19 heavy (non-hydrogen) atoms. The van der Waals surface area contributed by atoms with Gasteiger partial charge in [-0.25, -0.2) is 0 Å². The van der Waals surface area contributed by atoms with Gasteiger partial charge >= 0.3 is 0 Å². The lowest BCUT2D eigenvalue weighted by Crippen LogP contribution is -2.50. The van der Waals surface area contributed by atoms with Crippen molar-refractivity contribution in [1.82, 2.24) is 5.32 Å². The zero-order chi connectivity index (χ0) is 13.7. The molecule has 2 rings (SSSR count). The van der Waals surface area contributed by atoms with E-state index in [2.05, 4.69) is 15.3 Å². The largest absolute Gasteiger partial charge is 0.380 e. The number of rotatable bonds is 4. The van der Waals surface area contributed by atoms with Crippen LogP contribution < -0.4 is 5.32 Å². The van der Waals surface area contributed by atoms with E-state index in [9.17, 15) is 9.90 Å². The topological polar surface area (TPSA) is 98.1 Å². The summed E-state index contributed by atoms with van der Waals surface area (Å²) in [6.07, 6.45) is 1.55. The maximum absolute atomic E-state index is 12.1. The van der Waals surface area contributed by atoms with E-state index in [1.165, 1.54) is 0 Å². The highest BCUT2D eigenvalue weighted by Crippen LogP contribution is 2.33. The van der Waals surface area contributed by atoms with Crippen LogP contribution in [0.25, 0.3) is 10.4 Å². The Morgan fingerprint density at radius 2 is 2.26 bits per heavy atom. The summed E-state index contributed by atoms with van der Waals surface area (Å²) in [4.78, 5) is 14.8. The summed E-state index contributed by atoms with van der Waals surface area (Å²) < 4.78 is 0. The zero-order valence-corrected chi connectivity index (χ0v) is 10.5. The fourth-order valence-corrected chi connectivity index (χ4v) is 2.38. The van der Waals surface area contributed by atoms with Crippen LogP contribution in [0.3, 0.4) is 0 Å². The molecule has 0 spiro atoms. The molecule has 2 atom stereocenters. The molecule has 0 saturated heterocycles. The van der Waals surface area contributed by atoms with Crippen molar-refractivity contribution in [2.24, 2.45) is 5.11 Å². The number of nitrogens with one attached hydrogen (secondary N) is 1. The van der Waals surface area contributed by atoms with Crippen molar-refractivity contribution in [2.75, 3.05) is 0 Å². The first-order chi connectivity index (χ1) is 9.16. The molecule has 1 fully saturated rings. The van der Waals surface area contributed by atoms with E-state index in [0.29, 0.717) is 25.8 Å². The number of carbonyl (C=O) groups is 1. The van der Waals surface area contributed by atoms with Gasteiger partial charge in [0.2, 0.25) is 0 Å². The highest BCUT2D eigenvalue weighted by atomic mass is 16.3. The smallest absolute Gasteiger partial charge is 0.252 e. The Balaban J connectivity index is 2.01. The molecule has 1 saturated carbocycles. The maximum Gasteiger partial charge on any atom is 0.252 e. The van der Waals surface area contributed by atoms with E-state index in [4.69, 9.17) is 5.53 Å². The summed E-state index contributed by atoms with van der Waals surface area (Å²) in [6.45, 7) is 0.352. The van der Waals surface area contributed by atoms with Crippen LogP contribution in [0, 0.1) is 0 Å². The second-order valence-electron chi connectivity index (χ2n) is 4.71. The summed E-state index contributed by atoms with van der Waals surface area (Å²) in [5.41, 5.74) is 7.85. The molecule has 1 aromatic rings. The third-order valence-electron chi connectivity index (χ3n) is 3.47. The number of hydrogen-bond donors (Lipinski definition) is 2. The third kappa shape index (κ3) is 2.86. The first kappa shape index (κ1) is 13.4. The van der Waals surface area contributed by atoms with Crippen LogP contribution in [-0.4, -0.2) is 22.7 Å². The standard InChI is InChI=1S/C13H16N4O2/c14-17-16-11-7-4-8-13(11,19)12(18)15-9-10-5-2-1-3-6-10/h1-3,5-6,11,19H,4,7-9H2,(H,15,18)/t11-,13-/m1/s1. The van der Waals surface area contributed by atoms with Crippen LogP contribution in [0.2, 0.25) is 0 Å². The van der Waals surface area contributed by atoms with Crippen LogP contribution in [0.1, 0.15) is 24.8 Å². The van der Waals surface area contributed by atoms with E-state index in [1.807, 2.05) is 30.3 Å². The summed E-state index contributed by atoms with van der Waals surface area (Å²) >= 11 is 0. The van der Waals surface area contributed by atoms with E-state index in [1.54, 1.807) is 0 Å². The minimum Gasteiger partial charge on any atom is -0.380 e. The van der Waals surface area contributed by atoms with E-state index < -0.39 is 17.6 Å². The molecule has 0 radical (unpaired) electrons. The summed E-state index contributed by atoms with van der Waals surface area (Å²) in [6, 6.07) is 8.78. The molecule has 0 aliphatic heterocycles. The molecule has 1 aliphatic rings. The SMILES string of the molecule is [N-]=[N+]=N[C@@H]1CCC[C@]1(O)C(=O)NCc1ccccc1. The quantitative estimate of drug-likeness (QED) is 0.491. The average molecular weight is 260 g/mol. The predicted octanol–water partition coefficient (Wildman–Crippen LogP) is 1.90. The van der Waals surface area contributed by atoms with Crippen molar-refractivity contribution in [3.05, 3.63) is 46.3 Å². The van der Waals surface area contributed by atoms with Crippen LogP contribution >= 0.6 is 0 Å². The minimum absolute atomic E-state index is 0.331. The molecule has 6 heteroatoms. The minimum atomic E-state index is -1.57. The van der Waals surface area contributed by atoms with Crippen LogP contribution in [0.15, 0.2) is 35.4 Å². The van der Waals surface area contributed by atoms with Gasteiger partial charge in [0, 0.05) is 11.5 Å². The Labute approximate surface area is 111 Å². The molecule has 2 N–H and O–H groups in total. The molecule has 0 unspecified atom stereocenters. The molecular weight excluding hydrogens is 244 g/mol. The van der Waals surface area contributed by atoms with Gasteiger partial charge in [-0.3, -0.25) is 4.79 Å². The molecule has 100 valence electrons. The number of hydrogen-bond acceptors (Lipinski definition) is 3. The highest BCUT2D eigenvalue weighted by Gasteiger charge is 2.46. The average Bonchev–Trinajstić information content (AvgIpc) is 2.80. The Morgan fingerprint density at radius 3 is 2.95 bits per heavy atom. The number of nitrogens with zero attached hydrogens (tertiary/aromatic N) is 3. The predicted molar refractivity (Wildman–Crippen MR) is 70.0 cm³/mol. The summed E-state index contributed by atoms with van der Waals surface area (Å²) in [5, 5.41) is 16.6. The van der Waals surface area contributed by atoms with Crippen molar-refractivity contribution >= 4 is 5.91 Å². The lowest BCUT2D eigenvalue weighted by molar-refractivity contribution is -0.140. The van der Waals surface area contributed by atoms with Gasteiger partial charge < -0.3 is 10.4 Å². The zero-order valence-electron chi connectivity index (χ0n) is 10.5. The molecular formula is C13H16N4O2. The molecule has 6 nitrogen and oxygen atoms in total. The fraction of sp³-hybridized carbons (Fsp3) is 0.462. The van der Waals surface area contributed by atoms with Crippen molar-refractivity contribution in [1.29, 1.82) is 0 Å². The van der Waals surface area contributed by atoms with Gasteiger partial charge in [-0.2, -0.15) is 0 Å². The van der Waals surface area contributed by atoms with Crippen LogP contribution in [-0.2, 0) is 11.3 Å². The molecule has 0 bridgehead atoms. The van der Waals surface area contributed by atoms with Gasteiger partial charge in [0.15, 0.2) is 5.60 Å². The Bertz CT molecular complexity index is 499. The van der Waals surface area contributed by atoms with Gasteiger partial charge in [0.1, 0.15) is 0 Å². The molecule has 1 aromatic carbocycles. The monoisotopic (exact) mass is 260 g/mol. The first-order valence-corrected chi connectivity index (χ1v) is 6.25. The number of aliphatic hydroxyl groups is 1.